The molecule has 1 amide bonds. The van der Waals surface area contributed by atoms with E-state index in [2.05, 4.69) is 19.9 Å². The lowest BCUT2D eigenvalue weighted by molar-refractivity contribution is -0.137. The van der Waals surface area contributed by atoms with Crippen LogP contribution >= 0.6 is 22.9 Å². The smallest absolute Gasteiger partial charge is 0.416 e. The molecule has 5 aromatic rings. The molecule has 0 spiro atoms. The lowest BCUT2D eigenvalue weighted by Gasteiger charge is -2.35. The van der Waals surface area contributed by atoms with Crippen LogP contribution in [0.15, 0.2) is 47.3 Å². The molecule has 1 atom stereocenters. The molecule has 0 fully saturated rings. The van der Waals surface area contributed by atoms with E-state index in [9.17, 15) is 18.0 Å². The summed E-state index contributed by atoms with van der Waals surface area (Å²) in [6, 6.07) is 4.61. The number of carbonyl (C=O) groups is 1. The van der Waals surface area contributed by atoms with Crippen LogP contribution in [0.25, 0.3) is 17.2 Å². The summed E-state index contributed by atoms with van der Waals surface area (Å²) in [5.74, 6) is 0.164. The first-order valence-electron chi connectivity index (χ1n) is 12.1. The second-order valence-electron chi connectivity index (χ2n) is 9.12. The minimum Gasteiger partial charge on any atom is -0.481 e. The minimum atomic E-state index is -4.50. The lowest BCUT2D eigenvalue weighted by atomic mass is 10.00. The van der Waals surface area contributed by atoms with E-state index in [0.29, 0.717) is 35.9 Å². The van der Waals surface area contributed by atoms with Crippen molar-refractivity contribution in [3.05, 3.63) is 80.6 Å². The van der Waals surface area contributed by atoms with Crippen LogP contribution in [0, 0.1) is 13.8 Å². The number of pyridine rings is 2. The maximum atomic E-state index is 13.6. The minimum absolute atomic E-state index is 0.0390. The number of rotatable bonds is 5. The standard InChI is InChI=1S/C26H20ClF3N6O3S/c1-13-23(40-14(2)32-13)22-21-16(33-19-11-15(26(28,29)30)5-8-35(19)21)6-9-36(22)20(37)12-39-18-4-3-17(34-24(18)27)25-31-7-10-38-25/h3-5,7-8,10-11,22H,6,9,12H2,1-2H3. The summed E-state index contributed by atoms with van der Waals surface area (Å²) >= 11 is 7.73. The fraction of sp³-hybridized carbons (Fsp3) is 0.269. The third-order valence-electron chi connectivity index (χ3n) is 6.55. The van der Waals surface area contributed by atoms with Crippen LogP contribution in [0.4, 0.5) is 13.2 Å². The number of nitrogens with zero attached hydrogens (tertiary/aromatic N) is 6. The third kappa shape index (κ3) is 4.68. The van der Waals surface area contributed by atoms with Crippen LogP contribution in [0.1, 0.15) is 38.6 Å². The van der Waals surface area contributed by atoms with E-state index in [1.54, 1.807) is 21.4 Å². The quantitative estimate of drug-likeness (QED) is 0.244. The van der Waals surface area contributed by atoms with Crippen LogP contribution in [0.3, 0.4) is 0 Å². The fourth-order valence-corrected chi connectivity index (χ4v) is 6.07. The van der Waals surface area contributed by atoms with Gasteiger partial charge in [0.1, 0.15) is 23.6 Å². The number of hydrogen-bond acceptors (Lipinski definition) is 8. The van der Waals surface area contributed by atoms with Gasteiger partial charge in [-0.25, -0.2) is 19.9 Å². The fourth-order valence-electron chi connectivity index (χ4n) is 4.82. The zero-order valence-electron chi connectivity index (χ0n) is 21.1. The lowest BCUT2D eigenvalue weighted by Crippen LogP contribution is -2.43. The predicted molar refractivity (Wildman–Crippen MR) is 139 cm³/mol. The van der Waals surface area contributed by atoms with E-state index in [-0.39, 0.29) is 29.1 Å². The Hall–Kier alpha value is -3.97. The summed E-state index contributed by atoms with van der Waals surface area (Å²) in [5, 5.41) is 0.845. The molecule has 14 heteroatoms. The van der Waals surface area contributed by atoms with Crippen molar-refractivity contribution in [3.8, 4) is 17.3 Å². The summed E-state index contributed by atoms with van der Waals surface area (Å²) < 4.78 is 52.7. The molecule has 6 rings (SSSR count). The number of oxazole rings is 1. The van der Waals surface area contributed by atoms with Crippen molar-refractivity contribution in [2.24, 2.45) is 0 Å². The Balaban J connectivity index is 1.33. The Morgan fingerprint density at radius 2 is 2.05 bits per heavy atom. The molecular weight excluding hydrogens is 569 g/mol. The van der Waals surface area contributed by atoms with Crippen LogP contribution in [-0.4, -0.2) is 48.3 Å². The Bertz CT molecular complexity index is 1730. The molecule has 40 heavy (non-hydrogen) atoms. The average Bonchev–Trinajstić information content (AvgIpc) is 3.65. The van der Waals surface area contributed by atoms with Crippen LogP contribution < -0.4 is 4.74 Å². The molecule has 0 saturated carbocycles. The molecule has 0 bridgehead atoms. The number of thiazole rings is 1. The monoisotopic (exact) mass is 588 g/mol. The van der Waals surface area contributed by atoms with Gasteiger partial charge in [0.05, 0.1) is 38.7 Å². The second-order valence-corrected chi connectivity index (χ2v) is 10.7. The number of halogens is 4. The summed E-state index contributed by atoms with van der Waals surface area (Å²) in [5.41, 5.74) is 1.78. The first-order valence-corrected chi connectivity index (χ1v) is 13.3. The van der Waals surface area contributed by atoms with Crippen molar-refractivity contribution >= 4 is 34.5 Å². The molecule has 1 unspecified atom stereocenters. The maximum Gasteiger partial charge on any atom is 0.416 e. The molecule has 6 heterocycles. The molecule has 0 N–H and O–H groups in total. The van der Waals surface area contributed by atoms with E-state index in [1.165, 1.54) is 30.0 Å². The van der Waals surface area contributed by atoms with Gasteiger partial charge in [0.25, 0.3) is 5.91 Å². The number of aromatic nitrogens is 5. The molecule has 0 saturated heterocycles. The van der Waals surface area contributed by atoms with E-state index < -0.39 is 17.8 Å². The van der Waals surface area contributed by atoms with E-state index in [4.69, 9.17) is 20.8 Å². The van der Waals surface area contributed by atoms with Crippen LogP contribution in [0.2, 0.25) is 5.15 Å². The Kier molecular flexibility index (Phi) is 6.50. The van der Waals surface area contributed by atoms with Crippen LogP contribution in [0.5, 0.6) is 5.75 Å². The molecule has 5 aromatic heterocycles. The molecule has 1 aliphatic heterocycles. The summed E-state index contributed by atoms with van der Waals surface area (Å²) in [6.45, 7) is 3.66. The molecule has 1 aliphatic rings. The highest BCUT2D eigenvalue weighted by molar-refractivity contribution is 7.11. The zero-order valence-corrected chi connectivity index (χ0v) is 22.6. The Labute approximate surface area is 234 Å². The van der Waals surface area contributed by atoms with Gasteiger partial charge in [-0.05, 0) is 38.1 Å². The first kappa shape index (κ1) is 26.3. The highest BCUT2D eigenvalue weighted by Gasteiger charge is 2.39. The van der Waals surface area contributed by atoms with Gasteiger partial charge < -0.3 is 18.5 Å². The predicted octanol–water partition coefficient (Wildman–Crippen LogP) is 5.68. The molecule has 0 radical (unpaired) electrons. The molecule has 0 aliphatic carbocycles. The maximum absolute atomic E-state index is 13.6. The van der Waals surface area contributed by atoms with Crippen molar-refractivity contribution in [1.29, 1.82) is 0 Å². The third-order valence-corrected chi connectivity index (χ3v) is 7.95. The molecule has 0 aromatic carbocycles. The zero-order chi connectivity index (χ0) is 28.2. The highest BCUT2D eigenvalue weighted by Crippen LogP contribution is 2.40. The molecular formula is C26H20ClF3N6O3S. The number of amides is 1. The van der Waals surface area contributed by atoms with E-state index in [0.717, 1.165) is 27.7 Å². The van der Waals surface area contributed by atoms with Gasteiger partial charge >= 0.3 is 6.18 Å². The van der Waals surface area contributed by atoms with Crippen molar-refractivity contribution < 1.29 is 27.1 Å². The van der Waals surface area contributed by atoms with E-state index in [1.807, 2.05) is 13.8 Å². The number of hydrogen-bond donors (Lipinski definition) is 0. The van der Waals surface area contributed by atoms with Gasteiger partial charge in [-0.2, -0.15) is 13.2 Å². The van der Waals surface area contributed by atoms with Crippen molar-refractivity contribution in [3.63, 3.8) is 0 Å². The van der Waals surface area contributed by atoms with Gasteiger partial charge in [-0.3, -0.25) is 4.79 Å². The second kappa shape index (κ2) is 9.89. The van der Waals surface area contributed by atoms with Gasteiger partial charge in [0.2, 0.25) is 5.89 Å². The largest absolute Gasteiger partial charge is 0.481 e. The molecule has 9 nitrogen and oxygen atoms in total. The number of alkyl halides is 3. The Morgan fingerprint density at radius 1 is 1.23 bits per heavy atom. The van der Waals surface area contributed by atoms with Crippen LogP contribution in [-0.2, 0) is 17.4 Å². The van der Waals surface area contributed by atoms with Gasteiger partial charge in [0, 0.05) is 19.2 Å². The number of aryl methyl sites for hydroxylation is 2. The Morgan fingerprint density at radius 3 is 2.73 bits per heavy atom. The number of ether oxygens (including phenoxy) is 1. The van der Waals surface area contributed by atoms with Crippen molar-refractivity contribution in [1.82, 2.24) is 29.2 Å². The summed E-state index contributed by atoms with van der Waals surface area (Å²) in [7, 11) is 0. The van der Waals surface area contributed by atoms with Gasteiger partial charge in [-0.1, -0.05) is 11.6 Å². The normalized spacial score (nSPS) is 15.4. The first-order chi connectivity index (χ1) is 19.1. The highest BCUT2D eigenvalue weighted by atomic mass is 35.5. The summed E-state index contributed by atoms with van der Waals surface area (Å²) in [4.78, 5) is 33.4. The topological polar surface area (TPSA) is 98.7 Å². The van der Waals surface area contributed by atoms with Gasteiger partial charge in [-0.15, -0.1) is 11.3 Å². The average molecular weight is 589 g/mol. The van der Waals surface area contributed by atoms with E-state index >= 15 is 0 Å². The van der Waals surface area contributed by atoms with Crippen molar-refractivity contribution in [2.75, 3.05) is 13.2 Å². The number of carbonyl (C=O) groups excluding carboxylic acids is 1. The number of imidazole rings is 1. The van der Waals surface area contributed by atoms with Gasteiger partial charge in [0.15, 0.2) is 17.5 Å². The number of fused-ring (bicyclic) bond motifs is 3. The molecule has 206 valence electrons. The van der Waals surface area contributed by atoms with Crippen molar-refractivity contribution in [2.45, 2.75) is 32.5 Å². The SMILES string of the molecule is Cc1nc(C)c(C2c3c(nc4cc(C(F)(F)F)ccn34)CCN2C(=O)COc2ccc(-c3ncco3)nc2Cl)s1. The summed E-state index contributed by atoms with van der Waals surface area (Å²) in [6.07, 6.45) is 0.122.